The van der Waals surface area contributed by atoms with Crippen LogP contribution >= 0.6 is 0 Å². The van der Waals surface area contributed by atoms with Gasteiger partial charge >= 0.3 is 0 Å². The lowest BCUT2D eigenvalue weighted by atomic mass is 9.72. The second-order valence-corrected chi connectivity index (χ2v) is 6.70. The first-order valence-electron chi connectivity index (χ1n) is 8.09. The van der Waals surface area contributed by atoms with Crippen LogP contribution in [0.5, 0.6) is 0 Å². The van der Waals surface area contributed by atoms with E-state index in [1.54, 1.807) is 0 Å². The molecule has 1 saturated heterocycles. The number of hydrogen-bond donors (Lipinski definition) is 1. The Morgan fingerprint density at radius 3 is 2.37 bits per heavy atom. The van der Waals surface area contributed by atoms with E-state index in [2.05, 4.69) is 36.9 Å². The van der Waals surface area contributed by atoms with Crippen molar-refractivity contribution in [2.24, 2.45) is 11.8 Å². The van der Waals surface area contributed by atoms with Gasteiger partial charge in [-0.2, -0.15) is 0 Å². The third-order valence-corrected chi connectivity index (χ3v) is 5.12. The second kappa shape index (κ2) is 6.77. The number of piperidine rings is 1. The summed E-state index contributed by atoms with van der Waals surface area (Å²) < 4.78 is 0. The summed E-state index contributed by atoms with van der Waals surface area (Å²) in [5.41, 5.74) is 0. The van der Waals surface area contributed by atoms with Crippen molar-refractivity contribution >= 4 is 0 Å². The van der Waals surface area contributed by atoms with Crippen LogP contribution in [0, 0.1) is 24.2 Å². The van der Waals surface area contributed by atoms with E-state index in [0.29, 0.717) is 18.1 Å². The Balaban J connectivity index is 1.99. The zero-order valence-electron chi connectivity index (χ0n) is 12.9. The van der Waals surface area contributed by atoms with E-state index in [1.165, 1.54) is 32.4 Å². The molecule has 1 saturated carbocycles. The summed E-state index contributed by atoms with van der Waals surface area (Å²) >= 11 is 0. The molecule has 2 rings (SSSR count). The summed E-state index contributed by atoms with van der Waals surface area (Å²) in [5.74, 6) is 4.50. The van der Waals surface area contributed by atoms with Crippen LogP contribution in [0.2, 0.25) is 0 Å². The van der Waals surface area contributed by atoms with Gasteiger partial charge in [0.15, 0.2) is 0 Å². The van der Waals surface area contributed by atoms with Crippen molar-refractivity contribution in [3.63, 3.8) is 0 Å². The fraction of sp³-hybridized carbons (Fsp3) is 0.882. The van der Waals surface area contributed by atoms with E-state index in [1.807, 2.05) is 0 Å². The molecule has 2 fully saturated rings. The van der Waals surface area contributed by atoms with Gasteiger partial charge in [-0.3, -0.25) is 0 Å². The van der Waals surface area contributed by atoms with Crippen molar-refractivity contribution in [2.45, 2.75) is 71.0 Å². The predicted molar refractivity (Wildman–Crippen MR) is 82.0 cm³/mol. The van der Waals surface area contributed by atoms with Gasteiger partial charge in [0.2, 0.25) is 0 Å². The van der Waals surface area contributed by atoms with Gasteiger partial charge in [0, 0.05) is 37.6 Å². The first kappa shape index (κ1) is 14.9. The normalized spacial score (nSPS) is 33.1. The Morgan fingerprint density at radius 1 is 1.26 bits per heavy atom. The van der Waals surface area contributed by atoms with Crippen molar-refractivity contribution in [3.8, 4) is 12.3 Å². The maximum absolute atomic E-state index is 5.49. The highest BCUT2D eigenvalue weighted by molar-refractivity contribution is 4.98. The Kier molecular flexibility index (Phi) is 5.30. The minimum Gasteiger partial charge on any atom is -0.310 e. The SMILES string of the molecule is C#CCC(CC)NC1C2CCCC1CN(C(C)C)C2. The lowest BCUT2D eigenvalue weighted by Gasteiger charge is -2.50. The first-order chi connectivity index (χ1) is 9.15. The highest BCUT2D eigenvalue weighted by atomic mass is 15.2. The molecule has 2 bridgehead atoms. The number of nitrogens with one attached hydrogen (secondary N) is 1. The topological polar surface area (TPSA) is 15.3 Å². The molecule has 1 heterocycles. The maximum Gasteiger partial charge on any atom is 0.0240 e. The second-order valence-electron chi connectivity index (χ2n) is 6.70. The summed E-state index contributed by atoms with van der Waals surface area (Å²) in [6.45, 7) is 9.46. The number of fused-ring (bicyclic) bond motifs is 2. The van der Waals surface area contributed by atoms with Crippen LogP contribution in [-0.4, -0.2) is 36.1 Å². The van der Waals surface area contributed by atoms with E-state index in [0.717, 1.165) is 24.7 Å². The molecule has 0 amide bonds. The summed E-state index contributed by atoms with van der Waals surface area (Å²) in [7, 11) is 0. The van der Waals surface area contributed by atoms with Crippen LogP contribution < -0.4 is 5.32 Å². The Labute approximate surface area is 119 Å². The molecule has 2 heteroatoms. The third kappa shape index (κ3) is 3.52. The summed E-state index contributed by atoms with van der Waals surface area (Å²) in [4.78, 5) is 2.68. The average Bonchev–Trinajstić information content (AvgIpc) is 2.37. The van der Waals surface area contributed by atoms with E-state index in [-0.39, 0.29) is 0 Å². The molecule has 0 aromatic carbocycles. The van der Waals surface area contributed by atoms with Crippen LogP contribution in [0.25, 0.3) is 0 Å². The quantitative estimate of drug-likeness (QED) is 0.767. The summed E-state index contributed by atoms with van der Waals surface area (Å²) in [6, 6.07) is 1.92. The number of nitrogens with zero attached hydrogens (tertiary/aromatic N) is 1. The van der Waals surface area contributed by atoms with Gasteiger partial charge < -0.3 is 10.2 Å². The molecule has 0 aromatic heterocycles. The average molecular weight is 262 g/mol. The Morgan fingerprint density at radius 2 is 1.89 bits per heavy atom. The number of rotatable bonds is 5. The zero-order valence-corrected chi connectivity index (χ0v) is 12.9. The van der Waals surface area contributed by atoms with Gasteiger partial charge in [-0.05, 0) is 44.9 Å². The van der Waals surface area contributed by atoms with Gasteiger partial charge in [0.05, 0.1) is 0 Å². The van der Waals surface area contributed by atoms with Gasteiger partial charge in [-0.1, -0.05) is 13.3 Å². The van der Waals surface area contributed by atoms with Crippen molar-refractivity contribution in [1.82, 2.24) is 10.2 Å². The first-order valence-corrected chi connectivity index (χ1v) is 8.09. The molecule has 2 aliphatic rings. The number of likely N-dealkylation sites (tertiary alicyclic amines) is 1. The molecule has 0 spiro atoms. The molecular weight excluding hydrogens is 232 g/mol. The molecule has 3 unspecified atom stereocenters. The zero-order chi connectivity index (χ0) is 13.8. The van der Waals surface area contributed by atoms with Crippen molar-refractivity contribution < 1.29 is 0 Å². The third-order valence-electron chi connectivity index (χ3n) is 5.12. The highest BCUT2D eigenvalue weighted by Gasteiger charge is 2.40. The Hall–Kier alpha value is -0.520. The molecule has 19 heavy (non-hydrogen) atoms. The number of terminal acetylenes is 1. The molecule has 0 radical (unpaired) electrons. The van der Waals surface area contributed by atoms with Crippen molar-refractivity contribution in [3.05, 3.63) is 0 Å². The molecule has 1 aliphatic heterocycles. The molecule has 2 nitrogen and oxygen atoms in total. The fourth-order valence-electron chi connectivity index (χ4n) is 3.90. The fourth-order valence-corrected chi connectivity index (χ4v) is 3.90. The molecule has 0 aromatic rings. The van der Waals surface area contributed by atoms with Crippen LogP contribution in [0.4, 0.5) is 0 Å². The van der Waals surface area contributed by atoms with Crippen LogP contribution in [0.3, 0.4) is 0 Å². The Bertz CT molecular complexity index is 304. The van der Waals surface area contributed by atoms with Gasteiger partial charge in [-0.15, -0.1) is 12.3 Å². The highest BCUT2D eigenvalue weighted by Crippen LogP contribution is 2.36. The monoisotopic (exact) mass is 262 g/mol. The maximum atomic E-state index is 5.49. The van der Waals surface area contributed by atoms with Gasteiger partial charge in [-0.25, -0.2) is 0 Å². The lowest BCUT2D eigenvalue weighted by molar-refractivity contribution is 0.0250. The molecule has 3 atom stereocenters. The van der Waals surface area contributed by atoms with E-state index in [4.69, 9.17) is 6.42 Å². The molecule has 1 N–H and O–H groups in total. The lowest BCUT2D eigenvalue weighted by Crippen LogP contribution is -2.59. The van der Waals surface area contributed by atoms with Crippen LogP contribution in [0.15, 0.2) is 0 Å². The van der Waals surface area contributed by atoms with Gasteiger partial charge in [0.1, 0.15) is 0 Å². The van der Waals surface area contributed by atoms with E-state index < -0.39 is 0 Å². The van der Waals surface area contributed by atoms with Crippen molar-refractivity contribution in [2.75, 3.05) is 13.1 Å². The number of hydrogen-bond acceptors (Lipinski definition) is 2. The molecule has 108 valence electrons. The summed E-state index contributed by atoms with van der Waals surface area (Å²) in [5, 5.41) is 3.90. The smallest absolute Gasteiger partial charge is 0.0240 e. The predicted octanol–water partition coefficient (Wildman–Crippen LogP) is 2.89. The van der Waals surface area contributed by atoms with Crippen LogP contribution in [0.1, 0.15) is 52.9 Å². The molecular formula is C17H30N2. The van der Waals surface area contributed by atoms with Crippen molar-refractivity contribution in [1.29, 1.82) is 0 Å². The molecule has 1 aliphatic carbocycles. The summed E-state index contributed by atoms with van der Waals surface area (Å²) in [6.07, 6.45) is 11.7. The van der Waals surface area contributed by atoms with Gasteiger partial charge in [0.25, 0.3) is 0 Å². The minimum absolute atomic E-state index is 0.517. The van der Waals surface area contributed by atoms with E-state index in [9.17, 15) is 0 Å². The van der Waals surface area contributed by atoms with E-state index >= 15 is 0 Å². The largest absolute Gasteiger partial charge is 0.310 e. The minimum atomic E-state index is 0.517. The standard InChI is InChI=1S/C17H30N2/c1-5-8-16(6-2)18-17-14-9-7-10-15(17)12-19(11-14)13(3)4/h1,13-18H,6-12H2,2-4H3. The van der Waals surface area contributed by atoms with Crippen LogP contribution in [-0.2, 0) is 0 Å².